The van der Waals surface area contributed by atoms with E-state index in [0.717, 1.165) is 59.7 Å². The SMILES string of the molecule is COc1ccc2c(Cc3nc4c(ccc5[nH]cc(C6CCNCC6)c54)o3)c[nH]c2c1. The zero-order chi connectivity index (χ0) is 20.1. The van der Waals surface area contributed by atoms with Crippen molar-refractivity contribution in [2.24, 2.45) is 0 Å². The number of H-pyrrole nitrogens is 2. The van der Waals surface area contributed by atoms with Crippen molar-refractivity contribution in [3.8, 4) is 5.75 Å². The maximum absolute atomic E-state index is 6.18. The largest absolute Gasteiger partial charge is 0.497 e. The Hall–Kier alpha value is -3.25. The first-order valence-electron chi connectivity index (χ1n) is 10.5. The van der Waals surface area contributed by atoms with Crippen molar-refractivity contribution < 1.29 is 9.15 Å². The predicted octanol–water partition coefficient (Wildman–Crippen LogP) is 4.86. The maximum atomic E-state index is 6.18. The standard InChI is InChI=1S/C24H24N4O2/c1-29-16-2-3-17-15(12-26-20(17)11-16)10-22-28-24-21(30-22)5-4-19-23(24)18(13-27-19)14-6-8-25-9-7-14/h2-5,11-14,25-27H,6-10H2,1H3. The number of nitrogens with one attached hydrogen (secondary N) is 3. The first-order valence-corrected chi connectivity index (χ1v) is 10.5. The summed E-state index contributed by atoms with van der Waals surface area (Å²) in [6.07, 6.45) is 7.17. The molecule has 152 valence electrons. The Bertz CT molecular complexity index is 1350. The molecule has 3 N–H and O–H groups in total. The molecule has 1 saturated heterocycles. The van der Waals surface area contributed by atoms with Crippen LogP contribution in [-0.4, -0.2) is 35.2 Å². The van der Waals surface area contributed by atoms with Gasteiger partial charge in [-0.1, -0.05) is 0 Å². The summed E-state index contributed by atoms with van der Waals surface area (Å²) in [7, 11) is 1.68. The molecule has 0 atom stereocenters. The molecule has 0 saturated carbocycles. The zero-order valence-electron chi connectivity index (χ0n) is 16.9. The molecule has 1 aliphatic heterocycles. The van der Waals surface area contributed by atoms with Crippen molar-refractivity contribution in [2.75, 3.05) is 20.2 Å². The Labute approximate surface area is 173 Å². The molecule has 0 bridgehead atoms. The first-order chi connectivity index (χ1) is 14.8. The lowest BCUT2D eigenvalue weighted by molar-refractivity contribution is 0.415. The van der Waals surface area contributed by atoms with E-state index < -0.39 is 0 Å². The predicted molar refractivity (Wildman–Crippen MR) is 118 cm³/mol. The van der Waals surface area contributed by atoms with E-state index in [-0.39, 0.29) is 0 Å². The van der Waals surface area contributed by atoms with Crippen LogP contribution in [0.1, 0.15) is 35.8 Å². The number of nitrogens with zero attached hydrogens (tertiary/aromatic N) is 1. The molecule has 6 rings (SSSR count). The lowest BCUT2D eigenvalue weighted by atomic mass is 9.90. The van der Waals surface area contributed by atoms with E-state index in [1.54, 1.807) is 7.11 Å². The molecule has 1 fully saturated rings. The lowest BCUT2D eigenvalue weighted by Crippen LogP contribution is -2.26. The summed E-state index contributed by atoms with van der Waals surface area (Å²) >= 11 is 0. The van der Waals surface area contributed by atoms with Crippen molar-refractivity contribution in [3.05, 3.63) is 59.7 Å². The lowest BCUT2D eigenvalue weighted by Gasteiger charge is -2.22. The van der Waals surface area contributed by atoms with Crippen LogP contribution in [0.5, 0.6) is 5.75 Å². The topological polar surface area (TPSA) is 78.9 Å². The quantitative estimate of drug-likeness (QED) is 0.403. The van der Waals surface area contributed by atoms with Gasteiger partial charge < -0.3 is 24.4 Å². The average molecular weight is 400 g/mol. The molecule has 4 heterocycles. The third-order valence-electron chi connectivity index (χ3n) is 6.37. The highest BCUT2D eigenvalue weighted by atomic mass is 16.5. The second kappa shape index (κ2) is 6.92. The molecule has 0 spiro atoms. The van der Waals surface area contributed by atoms with E-state index >= 15 is 0 Å². The first kappa shape index (κ1) is 17.6. The number of hydrogen-bond acceptors (Lipinski definition) is 4. The summed E-state index contributed by atoms with van der Waals surface area (Å²) < 4.78 is 11.5. The fraction of sp³-hybridized carbons (Fsp3) is 0.292. The van der Waals surface area contributed by atoms with Gasteiger partial charge in [0, 0.05) is 40.3 Å². The highest BCUT2D eigenvalue weighted by molar-refractivity contribution is 6.04. The van der Waals surface area contributed by atoms with Crippen molar-refractivity contribution in [3.63, 3.8) is 0 Å². The smallest absolute Gasteiger partial charge is 0.200 e. The van der Waals surface area contributed by atoms with Crippen molar-refractivity contribution in [1.29, 1.82) is 0 Å². The van der Waals surface area contributed by atoms with Gasteiger partial charge in [-0.15, -0.1) is 0 Å². The van der Waals surface area contributed by atoms with Gasteiger partial charge in [0.1, 0.15) is 11.3 Å². The van der Waals surface area contributed by atoms with E-state index in [1.807, 2.05) is 24.4 Å². The van der Waals surface area contributed by atoms with Crippen LogP contribution >= 0.6 is 0 Å². The van der Waals surface area contributed by atoms with Crippen LogP contribution in [0.25, 0.3) is 32.9 Å². The third kappa shape index (κ3) is 2.79. The van der Waals surface area contributed by atoms with Gasteiger partial charge in [-0.3, -0.25) is 0 Å². The second-order valence-corrected chi connectivity index (χ2v) is 8.11. The summed E-state index contributed by atoms with van der Waals surface area (Å²) in [5, 5.41) is 5.84. The minimum Gasteiger partial charge on any atom is -0.497 e. The van der Waals surface area contributed by atoms with Crippen molar-refractivity contribution >= 4 is 32.9 Å². The number of aromatic amines is 2. The Balaban J connectivity index is 1.41. The molecule has 5 aromatic rings. The minimum atomic E-state index is 0.564. The number of piperidine rings is 1. The molecule has 0 aliphatic carbocycles. The van der Waals surface area contributed by atoms with Crippen LogP contribution in [-0.2, 0) is 6.42 Å². The maximum Gasteiger partial charge on any atom is 0.200 e. The van der Waals surface area contributed by atoms with Crippen LogP contribution in [0.3, 0.4) is 0 Å². The van der Waals surface area contributed by atoms with Crippen LogP contribution in [0, 0.1) is 0 Å². The van der Waals surface area contributed by atoms with E-state index in [1.165, 1.54) is 21.9 Å². The molecule has 6 heteroatoms. The van der Waals surface area contributed by atoms with Gasteiger partial charge in [0.25, 0.3) is 0 Å². The van der Waals surface area contributed by atoms with Gasteiger partial charge in [-0.05, 0) is 67.2 Å². The number of oxazole rings is 1. The molecule has 0 amide bonds. The second-order valence-electron chi connectivity index (χ2n) is 8.11. The van der Waals surface area contributed by atoms with Crippen LogP contribution < -0.4 is 10.1 Å². The zero-order valence-corrected chi connectivity index (χ0v) is 16.9. The van der Waals surface area contributed by atoms with Gasteiger partial charge in [-0.25, -0.2) is 4.98 Å². The van der Waals surface area contributed by atoms with Gasteiger partial charge in [0.15, 0.2) is 11.5 Å². The van der Waals surface area contributed by atoms with E-state index in [0.29, 0.717) is 12.3 Å². The fourth-order valence-electron chi connectivity index (χ4n) is 4.81. The van der Waals surface area contributed by atoms with Crippen LogP contribution in [0.2, 0.25) is 0 Å². The summed E-state index contributed by atoms with van der Waals surface area (Å²) in [6, 6.07) is 10.2. The monoisotopic (exact) mass is 400 g/mol. The number of ether oxygens (including phenoxy) is 1. The number of hydrogen-bond donors (Lipinski definition) is 3. The number of methoxy groups -OCH3 is 1. The molecular formula is C24H24N4O2. The summed E-state index contributed by atoms with van der Waals surface area (Å²) in [4.78, 5) is 11.7. The molecule has 0 unspecified atom stereocenters. The Kier molecular flexibility index (Phi) is 4.06. The van der Waals surface area contributed by atoms with Crippen molar-refractivity contribution in [2.45, 2.75) is 25.2 Å². The molecule has 2 aromatic carbocycles. The number of aromatic nitrogens is 3. The Morgan fingerprint density at radius 3 is 2.80 bits per heavy atom. The summed E-state index contributed by atoms with van der Waals surface area (Å²) in [5.41, 5.74) is 6.56. The van der Waals surface area contributed by atoms with Crippen molar-refractivity contribution in [1.82, 2.24) is 20.3 Å². The van der Waals surface area contributed by atoms with Gasteiger partial charge in [0.05, 0.1) is 13.5 Å². The van der Waals surface area contributed by atoms with E-state index in [4.69, 9.17) is 14.1 Å². The van der Waals surface area contributed by atoms with Gasteiger partial charge in [-0.2, -0.15) is 0 Å². The Morgan fingerprint density at radius 2 is 1.93 bits per heavy atom. The molecule has 30 heavy (non-hydrogen) atoms. The van der Waals surface area contributed by atoms with E-state index in [9.17, 15) is 0 Å². The van der Waals surface area contributed by atoms with E-state index in [2.05, 4.69) is 33.6 Å². The third-order valence-corrected chi connectivity index (χ3v) is 6.37. The molecular weight excluding hydrogens is 376 g/mol. The molecule has 3 aromatic heterocycles. The molecule has 0 radical (unpaired) electrons. The highest BCUT2D eigenvalue weighted by Gasteiger charge is 2.22. The van der Waals surface area contributed by atoms with Gasteiger partial charge in [0.2, 0.25) is 0 Å². The number of rotatable bonds is 4. The van der Waals surface area contributed by atoms with Crippen LogP contribution in [0.4, 0.5) is 0 Å². The number of benzene rings is 2. The van der Waals surface area contributed by atoms with Crippen LogP contribution in [0.15, 0.2) is 47.1 Å². The molecule has 6 nitrogen and oxygen atoms in total. The normalized spacial score (nSPS) is 15.5. The van der Waals surface area contributed by atoms with Gasteiger partial charge >= 0.3 is 0 Å². The minimum absolute atomic E-state index is 0.564. The average Bonchev–Trinajstić information content (AvgIpc) is 3.50. The number of fused-ring (bicyclic) bond motifs is 4. The highest BCUT2D eigenvalue weighted by Crippen LogP contribution is 2.36. The Morgan fingerprint density at radius 1 is 1.07 bits per heavy atom. The summed E-state index contributed by atoms with van der Waals surface area (Å²) in [6.45, 7) is 2.14. The molecule has 1 aliphatic rings. The fourth-order valence-corrected chi connectivity index (χ4v) is 4.81. The summed E-state index contributed by atoms with van der Waals surface area (Å²) in [5.74, 6) is 2.15.